The van der Waals surface area contributed by atoms with Crippen LogP contribution in [0.1, 0.15) is 38.9 Å². The largest absolute Gasteiger partial charge is 0.457 e. The van der Waals surface area contributed by atoms with Crippen molar-refractivity contribution >= 4 is 0 Å². The van der Waals surface area contributed by atoms with E-state index in [2.05, 4.69) is 99.6 Å². The van der Waals surface area contributed by atoms with E-state index in [0.29, 0.717) is 0 Å². The van der Waals surface area contributed by atoms with E-state index in [9.17, 15) is 0 Å². The molecule has 1 spiro atoms. The quantitative estimate of drug-likeness (QED) is 0.276. The van der Waals surface area contributed by atoms with E-state index in [0.717, 1.165) is 11.5 Å². The van der Waals surface area contributed by atoms with Gasteiger partial charge in [0, 0.05) is 11.1 Å². The smallest absolute Gasteiger partial charge is 0.132 e. The predicted molar refractivity (Wildman–Crippen MR) is 118 cm³/mol. The summed E-state index contributed by atoms with van der Waals surface area (Å²) in [4.78, 5) is 0. The molecular formula is C28H22O. The Balaban J connectivity index is 1.89. The highest BCUT2D eigenvalue weighted by molar-refractivity contribution is 5.90. The van der Waals surface area contributed by atoms with E-state index in [1.807, 2.05) is 0 Å². The lowest BCUT2D eigenvalue weighted by atomic mass is 9.65. The summed E-state index contributed by atoms with van der Waals surface area (Å²) in [5.74, 6) is 1.90. The van der Waals surface area contributed by atoms with Gasteiger partial charge in [0.25, 0.3) is 0 Å². The first-order valence-corrected chi connectivity index (χ1v) is 10.2. The standard InChI is InChI=1S/C28H22O/c1-17-16-21-20-10-4-5-11-22(20)28(27(21)19(3)18(17)2)23-12-6-8-14-25(23)29-26-15-9-7-13-24(26)28/h4-16H,1-3H3. The van der Waals surface area contributed by atoms with Gasteiger partial charge in [-0.15, -0.1) is 0 Å². The van der Waals surface area contributed by atoms with Crippen LogP contribution in [0.5, 0.6) is 11.5 Å². The molecule has 4 aromatic rings. The molecule has 1 nitrogen and oxygen atoms in total. The molecule has 0 unspecified atom stereocenters. The van der Waals surface area contributed by atoms with Crippen LogP contribution >= 0.6 is 0 Å². The van der Waals surface area contributed by atoms with Crippen molar-refractivity contribution in [2.75, 3.05) is 0 Å². The van der Waals surface area contributed by atoms with E-state index in [1.165, 1.54) is 50.1 Å². The van der Waals surface area contributed by atoms with E-state index in [1.54, 1.807) is 0 Å². The highest BCUT2D eigenvalue weighted by Gasteiger charge is 2.51. The second kappa shape index (κ2) is 5.61. The molecule has 0 radical (unpaired) electrons. The van der Waals surface area contributed by atoms with Crippen molar-refractivity contribution in [1.82, 2.24) is 0 Å². The van der Waals surface area contributed by atoms with Gasteiger partial charge >= 0.3 is 0 Å². The number of para-hydroxylation sites is 2. The highest BCUT2D eigenvalue weighted by atomic mass is 16.5. The average molecular weight is 374 g/mol. The van der Waals surface area contributed by atoms with Crippen LogP contribution in [0, 0.1) is 20.8 Å². The zero-order chi connectivity index (χ0) is 19.8. The Kier molecular flexibility index (Phi) is 3.21. The monoisotopic (exact) mass is 374 g/mol. The van der Waals surface area contributed by atoms with Crippen LogP contribution in [-0.4, -0.2) is 0 Å². The summed E-state index contributed by atoms with van der Waals surface area (Å²) in [7, 11) is 0. The van der Waals surface area contributed by atoms with Crippen LogP contribution in [0.4, 0.5) is 0 Å². The minimum Gasteiger partial charge on any atom is -0.457 e. The number of fused-ring (bicyclic) bond motifs is 9. The predicted octanol–water partition coefficient (Wildman–Crippen LogP) is 7.08. The van der Waals surface area contributed by atoms with Crippen LogP contribution < -0.4 is 4.74 Å². The van der Waals surface area contributed by atoms with Crippen LogP contribution in [0.15, 0.2) is 78.9 Å². The molecule has 0 amide bonds. The lowest BCUT2D eigenvalue weighted by Crippen LogP contribution is -2.33. The van der Waals surface area contributed by atoms with Gasteiger partial charge in [-0.25, -0.2) is 0 Å². The SMILES string of the molecule is Cc1cc2c(c(C)c1C)C1(c3ccccc3Oc3ccccc31)c1ccccc1-2. The zero-order valence-corrected chi connectivity index (χ0v) is 16.9. The van der Waals surface area contributed by atoms with Gasteiger partial charge < -0.3 is 4.74 Å². The number of ether oxygens (including phenoxy) is 1. The molecule has 1 aliphatic heterocycles. The number of hydrogen-bond acceptors (Lipinski definition) is 1. The fourth-order valence-corrected chi connectivity index (χ4v) is 5.51. The Labute approximate surface area is 171 Å². The molecule has 1 heterocycles. The van der Waals surface area contributed by atoms with Crippen molar-refractivity contribution in [3.05, 3.63) is 118 Å². The number of rotatable bonds is 0. The van der Waals surface area contributed by atoms with Crippen molar-refractivity contribution in [2.24, 2.45) is 0 Å². The summed E-state index contributed by atoms with van der Waals surface area (Å²) in [6.07, 6.45) is 0. The van der Waals surface area contributed by atoms with E-state index in [-0.39, 0.29) is 5.41 Å². The molecule has 0 bridgehead atoms. The first-order chi connectivity index (χ1) is 14.1. The van der Waals surface area contributed by atoms with Crippen LogP contribution in [0.2, 0.25) is 0 Å². The Morgan fingerprint density at radius 2 is 1.14 bits per heavy atom. The van der Waals surface area contributed by atoms with Gasteiger partial charge in [0.1, 0.15) is 11.5 Å². The van der Waals surface area contributed by atoms with Crippen molar-refractivity contribution in [1.29, 1.82) is 0 Å². The van der Waals surface area contributed by atoms with E-state index < -0.39 is 0 Å². The molecule has 4 aromatic carbocycles. The molecule has 0 aromatic heterocycles. The second-order valence-corrected chi connectivity index (χ2v) is 8.26. The summed E-state index contributed by atoms with van der Waals surface area (Å²) in [6.45, 7) is 6.76. The Morgan fingerprint density at radius 1 is 0.586 bits per heavy atom. The first kappa shape index (κ1) is 16.6. The maximum absolute atomic E-state index is 6.39. The first-order valence-electron chi connectivity index (χ1n) is 10.2. The van der Waals surface area contributed by atoms with Gasteiger partial charge in [0.05, 0.1) is 5.41 Å². The Bertz CT molecular complexity index is 1270. The third kappa shape index (κ3) is 1.90. The number of benzene rings is 4. The molecular weight excluding hydrogens is 352 g/mol. The summed E-state index contributed by atoms with van der Waals surface area (Å²) in [6, 6.07) is 28.4. The molecule has 0 N–H and O–H groups in total. The molecule has 2 aliphatic rings. The topological polar surface area (TPSA) is 9.23 Å². The van der Waals surface area contributed by atoms with Gasteiger partial charge in [-0.1, -0.05) is 66.7 Å². The lowest BCUT2D eigenvalue weighted by Gasteiger charge is -2.40. The third-order valence-electron chi connectivity index (χ3n) is 6.96. The summed E-state index contributed by atoms with van der Waals surface area (Å²) in [5, 5.41) is 0. The van der Waals surface area contributed by atoms with E-state index >= 15 is 0 Å². The Morgan fingerprint density at radius 3 is 1.79 bits per heavy atom. The number of hydrogen-bond donors (Lipinski definition) is 0. The normalized spacial score (nSPS) is 14.6. The minimum atomic E-state index is -0.347. The van der Waals surface area contributed by atoms with E-state index in [4.69, 9.17) is 4.74 Å². The summed E-state index contributed by atoms with van der Waals surface area (Å²) in [5.41, 5.74) is 11.7. The second-order valence-electron chi connectivity index (χ2n) is 8.26. The van der Waals surface area contributed by atoms with Crippen molar-refractivity contribution in [3.8, 4) is 22.6 Å². The molecule has 140 valence electrons. The van der Waals surface area contributed by atoms with Crippen molar-refractivity contribution in [2.45, 2.75) is 26.2 Å². The molecule has 1 heteroatoms. The van der Waals surface area contributed by atoms with Crippen molar-refractivity contribution in [3.63, 3.8) is 0 Å². The van der Waals surface area contributed by atoms with Crippen LogP contribution in [-0.2, 0) is 5.41 Å². The fourth-order valence-electron chi connectivity index (χ4n) is 5.51. The molecule has 0 fully saturated rings. The fraction of sp³-hybridized carbons (Fsp3) is 0.143. The molecule has 1 aliphatic carbocycles. The minimum absolute atomic E-state index is 0.347. The van der Waals surface area contributed by atoms with Gasteiger partial charge in [0.2, 0.25) is 0 Å². The van der Waals surface area contributed by atoms with Gasteiger partial charge in [0.15, 0.2) is 0 Å². The van der Waals surface area contributed by atoms with Gasteiger partial charge in [-0.2, -0.15) is 0 Å². The van der Waals surface area contributed by atoms with Gasteiger partial charge in [-0.05, 0) is 71.8 Å². The maximum atomic E-state index is 6.39. The molecule has 0 saturated carbocycles. The molecule has 0 atom stereocenters. The van der Waals surface area contributed by atoms with Crippen LogP contribution in [0.3, 0.4) is 0 Å². The summed E-state index contributed by atoms with van der Waals surface area (Å²) < 4.78 is 6.39. The zero-order valence-electron chi connectivity index (χ0n) is 16.9. The third-order valence-corrected chi connectivity index (χ3v) is 6.96. The highest BCUT2D eigenvalue weighted by Crippen LogP contribution is 2.62. The number of aryl methyl sites for hydroxylation is 1. The Hall–Kier alpha value is -3.32. The molecule has 0 saturated heterocycles. The van der Waals surface area contributed by atoms with Crippen LogP contribution in [0.25, 0.3) is 11.1 Å². The maximum Gasteiger partial charge on any atom is 0.132 e. The lowest BCUT2D eigenvalue weighted by molar-refractivity contribution is 0.436. The summed E-state index contributed by atoms with van der Waals surface area (Å²) >= 11 is 0. The molecule has 6 rings (SSSR count). The average Bonchev–Trinajstić information content (AvgIpc) is 3.04. The van der Waals surface area contributed by atoms with Gasteiger partial charge in [-0.3, -0.25) is 0 Å². The van der Waals surface area contributed by atoms with Crippen molar-refractivity contribution < 1.29 is 4.74 Å². The molecule has 29 heavy (non-hydrogen) atoms.